The Hall–Kier alpha value is -1.90. The fourth-order valence-electron chi connectivity index (χ4n) is 2.47. The van der Waals surface area contributed by atoms with E-state index < -0.39 is 0 Å². The number of fused-ring (bicyclic) bond motifs is 1. The van der Waals surface area contributed by atoms with Crippen molar-refractivity contribution in [1.82, 2.24) is 4.98 Å². The van der Waals surface area contributed by atoms with Crippen molar-refractivity contribution in [1.29, 1.82) is 0 Å². The molecule has 0 atom stereocenters. The lowest BCUT2D eigenvalue weighted by Crippen LogP contribution is -2.02. The number of hydrogen-bond acceptors (Lipinski definition) is 2. The summed E-state index contributed by atoms with van der Waals surface area (Å²) >= 11 is 6.03. The number of nitrogens with zero attached hydrogens (tertiary/aromatic N) is 1. The number of halogens is 1. The monoisotopic (exact) mass is 282 g/mol. The second-order valence-corrected chi connectivity index (χ2v) is 5.22. The molecule has 1 heterocycles. The molecular weight excluding hydrogens is 268 g/mol. The van der Waals surface area contributed by atoms with Gasteiger partial charge in [-0.3, -0.25) is 4.98 Å². The summed E-state index contributed by atoms with van der Waals surface area (Å²) < 4.78 is 0. The van der Waals surface area contributed by atoms with Gasteiger partial charge in [0.05, 0.1) is 5.52 Å². The molecule has 3 heteroatoms. The Morgan fingerprint density at radius 1 is 0.950 bits per heavy atom. The van der Waals surface area contributed by atoms with Crippen molar-refractivity contribution in [3.63, 3.8) is 0 Å². The van der Waals surface area contributed by atoms with Crippen LogP contribution in [-0.2, 0) is 13.0 Å². The maximum atomic E-state index is 6.03. The predicted molar refractivity (Wildman–Crippen MR) is 83.9 cm³/mol. The number of aromatic nitrogens is 1. The Balaban J connectivity index is 2.05. The molecule has 0 bridgehead atoms. The van der Waals surface area contributed by atoms with Gasteiger partial charge in [0.15, 0.2) is 0 Å². The molecule has 0 saturated heterocycles. The SMILES string of the molecule is NCc1cc(Cl)ccc1Cc1ccnc2ccccc12. The van der Waals surface area contributed by atoms with Gasteiger partial charge >= 0.3 is 0 Å². The molecule has 0 radical (unpaired) electrons. The lowest BCUT2D eigenvalue weighted by molar-refractivity contribution is 1.02. The van der Waals surface area contributed by atoms with Gasteiger partial charge in [-0.05, 0) is 47.4 Å². The molecule has 20 heavy (non-hydrogen) atoms. The second kappa shape index (κ2) is 5.61. The predicted octanol–water partition coefficient (Wildman–Crippen LogP) is 3.94. The van der Waals surface area contributed by atoms with Crippen molar-refractivity contribution in [3.8, 4) is 0 Å². The van der Waals surface area contributed by atoms with Gasteiger partial charge in [-0.2, -0.15) is 0 Å². The van der Waals surface area contributed by atoms with Crippen LogP contribution in [0, 0.1) is 0 Å². The summed E-state index contributed by atoms with van der Waals surface area (Å²) in [6.45, 7) is 0.499. The summed E-state index contributed by atoms with van der Waals surface area (Å²) in [5.74, 6) is 0. The van der Waals surface area contributed by atoms with Crippen LogP contribution in [0.15, 0.2) is 54.7 Å². The third-order valence-electron chi connectivity index (χ3n) is 3.51. The molecule has 2 N–H and O–H groups in total. The van der Waals surface area contributed by atoms with E-state index in [-0.39, 0.29) is 0 Å². The topological polar surface area (TPSA) is 38.9 Å². The van der Waals surface area contributed by atoms with Crippen LogP contribution >= 0.6 is 11.6 Å². The van der Waals surface area contributed by atoms with E-state index in [1.54, 1.807) is 0 Å². The Labute approximate surface area is 123 Å². The molecule has 2 nitrogen and oxygen atoms in total. The molecule has 0 spiro atoms. The molecule has 0 saturated carbocycles. The largest absolute Gasteiger partial charge is 0.326 e. The van der Waals surface area contributed by atoms with Gasteiger partial charge in [0.1, 0.15) is 0 Å². The summed E-state index contributed by atoms with van der Waals surface area (Å²) in [5, 5.41) is 1.92. The van der Waals surface area contributed by atoms with E-state index in [1.807, 2.05) is 36.5 Å². The van der Waals surface area contributed by atoms with E-state index in [1.165, 1.54) is 16.5 Å². The van der Waals surface area contributed by atoms with E-state index in [0.717, 1.165) is 22.5 Å². The number of para-hydroxylation sites is 1. The van der Waals surface area contributed by atoms with Gasteiger partial charge in [-0.15, -0.1) is 0 Å². The minimum Gasteiger partial charge on any atom is -0.326 e. The van der Waals surface area contributed by atoms with Gasteiger partial charge in [-0.1, -0.05) is 35.9 Å². The third kappa shape index (κ3) is 2.53. The molecule has 0 aliphatic rings. The highest BCUT2D eigenvalue weighted by Crippen LogP contribution is 2.23. The second-order valence-electron chi connectivity index (χ2n) is 4.78. The molecule has 0 aliphatic heterocycles. The summed E-state index contributed by atoms with van der Waals surface area (Å²) in [6, 6.07) is 16.2. The summed E-state index contributed by atoms with van der Waals surface area (Å²) in [7, 11) is 0. The van der Waals surface area contributed by atoms with Crippen LogP contribution in [0.4, 0.5) is 0 Å². The van der Waals surface area contributed by atoms with E-state index in [4.69, 9.17) is 17.3 Å². The van der Waals surface area contributed by atoms with Crippen molar-refractivity contribution in [3.05, 3.63) is 76.4 Å². The molecule has 0 amide bonds. The quantitative estimate of drug-likeness (QED) is 0.790. The van der Waals surface area contributed by atoms with Crippen molar-refractivity contribution in [2.24, 2.45) is 5.73 Å². The lowest BCUT2D eigenvalue weighted by Gasteiger charge is -2.10. The first-order valence-electron chi connectivity index (χ1n) is 6.58. The van der Waals surface area contributed by atoms with Gasteiger partial charge in [0.2, 0.25) is 0 Å². The van der Waals surface area contributed by atoms with E-state index in [9.17, 15) is 0 Å². The average molecular weight is 283 g/mol. The first-order valence-corrected chi connectivity index (χ1v) is 6.96. The Bertz CT molecular complexity index is 748. The molecular formula is C17H15ClN2. The fraction of sp³-hybridized carbons (Fsp3) is 0.118. The Morgan fingerprint density at radius 3 is 2.65 bits per heavy atom. The number of nitrogens with two attached hydrogens (primary N) is 1. The van der Waals surface area contributed by atoms with Crippen LogP contribution in [0.5, 0.6) is 0 Å². The van der Waals surface area contributed by atoms with Crippen LogP contribution < -0.4 is 5.73 Å². The van der Waals surface area contributed by atoms with Crippen LogP contribution in [0.1, 0.15) is 16.7 Å². The number of rotatable bonds is 3. The zero-order valence-electron chi connectivity index (χ0n) is 11.0. The van der Waals surface area contributed by atoms with Gasteiger partial charge in [0, 0.05) is 23.2 Å². The average Bonchev–Trinajstić information content (AvgIpc) is 2.49. The van der Waals surface area contributed by atoms with Crippen molar-refractivity contribution in [2.45, 2.75) is 13.0 Å². The fourth-order valence-corrected chi connectivity index (χ4v) is 2.67. The number of pyridine rings is 1. The molecule has 0 aliphatic carbocycles. The number of hydrogen-bond donors (Lipinski definition) is 1. The standard InChI is InChI=1S/C17H15ClN2/c18-15-6-5-12(14(10-15)11-19)9-13-7-8-20-17-4-2-1-3-16(13)17/h1-8,10H,9,11,19H2. The minimum atomic E-state index is 0.499. The van der Waals surface area contributed by atoms with Gasteiger partial charge in [0.25, 0.3) is 0 Å². The normalized spacial score (nSPS) is 10.9. The maximum Gasteiger partial charge on any atom is 0.0704 e. The molecule has 0 unspecified atom stereocenters. The Morgan fingerprint density at radius 2 is 1.80 bits per heavy atom. The first-order chi connectivity index (χ1) is 9.78. The minimum absolute atomic E-state index is 0.499. The van der Waals surface area contributed by atoms with Gasteiger partial charge in [-0.25, -0.2) is 0 Å². The highest BCUT2D eigenvalue weighted by atomic mass is 35.5. The molecule has 2 aromatic carbocycles. The summed E-state index contributed by atoms with van der Waals surface area (Å²) in [4.78, 5) is 4.39. The Kier molecular flexibility index (Phi) is 3.68. The highest BCUT2D eigenvalue weighted by Gasteiger charge is 2.06. The van der Waals surface area contributed by atoms with E-state index >= 15 is 0 Å². The first kappa shape index (κ1) is 13.1. The molecule has 3 aromatic rings. The highest BCUT2D eigenvalue weighted by molar-refractivity contribution is 6.30. The van der Waals surface area contributed by atoms with Gasteiger partial charge < -0.3 is 5.73 Å². The van der Waals surface area contributed by atoms with Crippen LogP contribution in [0.3, 0.4) is 0 Å². The van der Waals surface area contributed by atoms with Crippen molar-refractivity contribution >= 4 is 22.5 Å². The zero-order valence-corrected chi connectivity index (χ0v) is 11.8. The molecule has 3 rings (SSSR count). The third-order valence-corrected chi connectivity index (χ3v) is 3.74. The summed E-state index contributed by atoms with van der Waals surface area (Å²) in [6.07, 6.45) is 2.70. The van der Waals surface area contributed by atoms with E-state index in [2.05, 4.69) is 23.2 Å². The molecule has 1 aromatic heterocycles. The van der Waals surface area contributed by atoms with E-state index in [0.29, 0.717) is 6.54 Å². The van der Waals surface area contributed by atoms with Crippen LogP contribution in [0.25, 0.3) is 10.9 Å². The maximum absolute atomic E-state index is 6.03. The zero-order chi connectivity index (χ0) is 13.9. The number of benzene rings is 2. The molecule has 0 fully saturated rings. The lowest BCUT2D eigenvalue weighted by atomic mass is 9.97. The van der Waals surface area contributed by atoms with Crippen LogP contribution in [0.2, 0.25) is 5.02 Å². The smallest absolute Gasteiger partial charge is 0.0704 e. The van der Waals surface area contributed by atoms with Crippen LogP contribution in [-0.4, -0.2) is 4.98 Å². The van der Waals surface area contributed by atoms with Crippen molar-refractivity contribution in [2.75, 3.05) is 0 Å². The van der Waals surface area contributed by atoms with Crippen molar-refractivity contribution < 1.29 is 0 Å². The summed E-state index contributed by atoms with van der Waals surface area (Å²) in [5.41, 5.74) is 10.4. The molecule has 100 valence electrons.